The lowest BCUT2D eigenvalue weighted by Crippen LogP contribution is -2.52. The van der Waals surface area contributed by atoms with Crippen LogP contribution in [0.25, 0.3) is 11.3 Å². The normalized spacial score (nSPS) is 15.0. The van der Waals surface area contributed by atoms with Gasteiger partial charge in [-0.05, 0) is 18.1 Å². The molecule has 0 aliphatic carbocycles. The fourth-order valence-electron chi connectivity index (χ4n) is 3.81. The molecule has 7 nitrogen and oxygen atoms in total. The largest absolute Gasteiger partial charge is 0.352 e. The van der Waals surface area contributed by atoms with Crippen molar-refractivity contribution in [3.8, 4) is 11.3 Å². The third kappa shape index (κ3) is 6.05. The summed E-state index contributed by atoms with van der Waals surface area (Å²) in [4.78, 5) is 31.3. The fourth-order valence-corrected chi connectivity index (χ4v) is 3.81. The molecule has 0 bridgehead atoms. The molecule has 32 heavy (non-hydrogen) atoms. The molecule has 1 aliphatic rings. The summed E-state index contributed by atoms with van der Waals surface area (Å²) in [6.07, 6.45) is 0.985. The van der Waals surface area contributed by atoms with E-state index in [1.807, 2.05) is 61.2 Å². The number of amides is 2. The van der Waals surface area contributed by atoms with Crippen molar-refractivity contribution in [2.75, 3.05) is 44.2 Å². The number of benzene rings is 1. The summed E-state index contributed by atoms with van der Waals surface area (Å²) >= 11 is 0. The lowest BCUT2D eigenvalue weighted by molar-refractivity contribution is -0.143. The van der Waals surface area contributed by atoms with Crippen LogP contribution in [0.15, 0.2) is 42.5 Å². The first-order valence-electron chi connectivity index (χ1n) is 11.6. The topological polar surface area (TPSA) is 69.6 Å². The highest BCUT2D eigenvalue weighted by molar-refractivity contribution is 5.85. The molecule has 2 aromatic rings. The number of hydrogen-bond acceptors (Lipinski definition) is 5. The SMILES string of the molecule is CC[C@@H](C)CN(CC(=O)N1CCN(c2ccc(-c3ccccc3)nn2)CC1)C(=O)C(C)C. The van der Waals surface area contributed by atoms with Crippen molar-refractivity contribution < 1.29 is 9.59 Å². The summed E-state index contributed by atoms with van der Waals surface area (Å²) in [5.41, 5.74) is 1.89. The lowest BCUT2D eigenvalue weighted by Gasteiger charge is -2.36. The van der Waals surface area contributed by atoms with Crippen LogP contribution in [-0.2, 0) is 9.59 Å². The highest BCUT2D eigenvalue weighted by Crippen LogP contribution is 2.19. The Hall–Kier alpha value is -2.96. The first-order valence-corrected chi connectivity index (χ1v) is 11.6. The molecule has 1 saturated heterocycles. The molecule has 0 saturated carbocycles. The Morgan fingerprint density at radius 3 is 2.22 bits per heavy atom. The van der Waals surface area contributed by atoms with Gasteiger partial charge in [0.05, 0.1) is 12.2 Å². The Labute approximate surface area is 191 Å². The van der Waals surface area contributed by atoms with Crippen molar-refractivity contribution in [1.82, 2.24) is 20.0 Å². The number of carbonyl (C=O) groups is 2. The zero-order valence-corrected chi connectivity index (χ0v) is 19.7. The molecule has 1 aromatic heterocycles. The second-order valence-corrected chi connectivity index (χ2v) is 8.90. The van der Waals surface area contributed by atoms with Crippen LogP contribution >= 0.6 is 0 Å². The van der Waals surface area contributed by atoms with Gasteiger partial charge in [0.1, 0.15) is 0 Å². The molecule has 0 radical (unpaired) electrons. The van der Waals surface area contributed by atoms with E-state index in [9.17, 15) is 9.59 Å². The van der Waals surface area contributed by atoms with Crippen LogP contribution in [0.3, 0.4) is 0 Å². The lowest BCUT2D eigenvalue weighted by atomic mass is 10.1. The van der Waals surface area contributed by atoms with Crippen LogP contribution in [0, 0.1) is 11.8 Å². The first-order chi connectivity index (χ1) is 15.4. The molecule has 0 spiro atoms. The third-order valence-corrected chi connectivity index (χ3v) is 6.04. The Morgan fingerprint density at radius 2 is 1.66 bits per heavy atom. The molecule has 1 aromatic carbocycles. The van der Waals surface area contributed by atoms with Gasteiger partial charge in [-0.3, -0.25) is 9.59 Å². The first kappa shape index (κ1) is 23.7. The summed E-state index contributed by atoms with van der Waals surface area (Å²) in [6, 6.07) is 14.0. The van der Waals surface area contributed by atoms with E-state index in [1.165, 1.54) is 0 Å². The van der Waals surface area contributed by atoms with E-state index in [0.29, 0.717) is 38.6 Å². The van der Waals surface area contributed by atoms with E-state index in [4.69, 9.17) is 0 Å². The van der Waals surface area contributed by atoms with E-state index in [2.05, 4.69) is 28.9 Å². The second kappa shape index (κ2) is 11.1. The van der Waals surface area contributed by atoms with Gasteiger partial charge in [0.2, 0.25) is 11.8 Å². The highest BCUT2D eigenvalue weighted by atomic mass is 16.2. The second-order valence-electron chi connectivity index (χ2n) is 8.90. The van der Waals surface area contributed by atoms with Crippen molar-refractivity contribution in [2.24, 2.45) is 11.8 Å². The van der Waals surface area contributed by atoms with E-state index in [1.54, 1.807) is 4.90 Å². The zero-order chi connectivity index (χ0) is 23.1. The van der Waals surface area contributed by atoms with Gasteiger partial charge in [0, 0.05) is 44.2 Å². The predicted octanol–water partition coefficient (Wildman–Crippen LogP) is 3.32. The van der Waals surface area contributed by atoms with E-state index in [-0.39, 0.29) is 24.3 Å². The molecular weight excluding hydrogens is 402 g/mol. The van der Waals surface area contributed by atoms with E-state index in [0.717, 1.165) is 23.5 Å². The Balaban J connectivity index is 1.56. The maximum absolute atomic E-state index is 12.9. The number of anilines is 1. The number of hydrogen-bond donors (Lipinski definition) is 0. The van der Waals surface area contributed by atoms with Crippen LogP contribution in [0.2, 0.25) is 0 Å². The van der Waals surface area contributed by atoms with Gasteiger partial charge in [-0.25, -0.2) is 0 Å². The Bertz CT molecular complexity index is 877. The Morgan fingerprint density at radius 1 is 0.969 bits per heavy atom. The van der Waals surface area contributed by atoms with Crippen LogP contribution < -0.4 is 4.90 Å². The van der Waals surface area contributed by atoms with Gasteiger partial charge in [-0.15, -0.1) is 10.2 Å². The van der Waals surface area contributed by atoms with E-state index < -0.39 is 0 Å². The molecular formula is C25H35N5O2. The van der Waals surface area contributed by atoms with Gasteiger partial charge in [0.15, 0.2) is 5.82 Å². The standard InChI is InChI=1S/C25H35N5O2/c1-5-20(4)17-30(25(32)19(2)3)18-24(31)29-15-13-28(14-16-29)23-12-11-22(26-27-23)21-9-7-6-8-10-21/h6-12,19-20H,5,13-18H2,1-4H3/t20-/m1/s1. The maximum atomic E-state index is 12.9. The summed E-state index contributed by atoms with van der Waals surface area (Å²) in [5.74, 6) is 1.16. The summed E-state index contributed by atoms with van der Waals surface area (Å²) < 4.78 is 0. The molecule has 3 rings (SSSR count). The minimum absolute atomic E-state index is 0.0208. The molecule has 2 heterocycles. The molecule has 0 N–H and O–H groups in total. The Kier molecular flexibility index (Phi) is 8.20. The smallest absolute Gasteiger partial charge is 0.242 e. The average molecular weight is 438 g/mol. The molecule has 1 aliphatic heterocycles. The van der Waals surface area contributed by atoms with Crippen molar-refractivity contribution >= 4 is 17.6 Å². The van der Waals surface area contributed by atoms with Crippen molar-refractivity contribution in [2.45, 2.75) is 34.1 Å². The summed E-state index contributed by atoms with van der Waals surface area (Å²) in [5, 5.41) is 8.77. The number of aromatic nitrogens is 2. The van der Waals surface area contributed by atoms with Crippen molar-refractivity contribution in [3.05, 3.63) is 42.5 Å². The van der Waals surface area contributed by atoms with Crippen LogP contribution in [-0.4, -0.2) is 71.1 Å². The molecule has 0 unspecified atom stereocenters. The number of carbonyl (C=O) groups excluding carboxylic acids is 2. The van der Waals surface area contributed by atoms with Crippen LogP contribution in [0.1, 0.15) is 34.1 Å². The third-order valence-electron chi connectivity index (χ3n) is 6.04. The minimum atomic E-state index is -0.110. The monoisotopic (exact) mass is 437 g/mol. The number of piperazine rings is 1. The van der Waals surface area contributed by atoms with Gasteiger partial charge in [-0.2, -0.15) is 0 Å². The van der Waals surface area contributed by atoms with Crippen molar-refractivity contribution in [1.29, 1.82) is 0 Å². The van der Waals surface area contributed by atoms with E-state index >= 15 is 0 Å². The molecule has 1 fully saturated rings. The van der Waals surface area contributed by atoms with Crippen LogP contribution in [0.4, 0.5) is 5.82 Å². The van der Waals surface area contributed by atoms with Gasteiger partial charge in [-0.1, -0.05) is 64.4 Å². The maximum Gasteiger partial charge on any atom is 0.242 e. The predicted molar refractivity (Wildman–Crippen MR) is 127 cm³/mol. The van der Waals surface area contributed by atoms with Crippen LogP contribution in [0.5, 0.6) is 0 Å². The summed E-state index contributed by atoms with van der Waals surface area (Å²) in [7, 11) is 0. The minimum Gasteiger partial charge on any atom is -0.352 e. The van der Waals surface area contributed by atoms with Gasteiger partial charge in [0.25, 0.3) is 0 Å². The fraction of sp³-hybridized carbons (Fsp3) is 0.520. The highest BCUT2D eigenvalue weighted by Gasteiger charge is 2.27. The molecule has 7 heteroatoms. The zero-order valence-electron chi connectivity index (χ0n) is 19.7. The summed E-state index contributed by atoms with van der Waals surface area (Å²) in [6.45, 7) is 11.4. The molecule has 2 amide bonds. The van der Waals surface area contributed by atoms with Gasteiger partial charge < -0.3 is 14.7 Å². The van der Waals surface area contributed by atoms with Crippen molar-refractivity contribution in [3.63, 3.8) is 0 Å². The quantitative estimate of drug-likeness (QED) is 0.634. The average Bonchev–Trinajstić information content (AvgIpc) is 2.83. The number of nitrogens with zero attached hydrogens (tertiary/aromatic N) is 5. The molecule has 1 atom stereocenters. The number of rotatable bonds is 8. The van der Waals surface area contributed by atoms with Gasteiger partial charge >= 0.3 is 0 Å². The molecule has 172 valence electrons.